The second kappa shape index (κ2) is 4.95. The average Bonchev–Trinajstić information content (AvgIpc) is 1.21. The summed E-state index contributed by atoms with van der Waals surface area (Å²) in [5.74, 6) is 0. The van der Waals surface area contributed by atoms with E-state index >= 15 is 0 Å². The Labute approximate surface area is 75.4 Å². The average molecular weight is 389 g/mol. The standard InChI is InChI=1S/H3O4P.2O.Pb.V.2H/c1-5(2,3)4;;;;;;/h(H3,1,2,3,4);;;;;;/q;;;;+1;;/p-1. The minimum absolute atomic E-state index is 0. The summed E-state index contributed by atoms with van der Waals surface area (Å²) in [4.78, 5) is 15.4. The molecule has 0 amide bonds. The molecule has 9 heteroatoms. The molecule has 0 rings (SSSR count). The van der Waals surface area contributed by atoms with Gasteiger partial charge in [0.15, 0.2) is 0 Å². The van der Waals surface area contributed by atoms with E-state index in [1.165, 1.54) is 0 Å². The number of hydrogen-bond acceptors (Lipinski definition) is 4. The molecule has 0 aromatic rings. The van der Waals surface area contributed by atoms with Gasteiger partial charge in [0.05, 0.1) is 0 Å². The van der Waals surface area contributed by atoms with Gasteiger partial charge in [-0.05, 0) is 0 Å². The molecule has 9 heavy (non-hydrogen) atoms. The fourth-order valence-corrected chi connectivity index (χ4v) is 1.07. The van der Waals surface area contributed by atoms with Crippen LogP contribution < -0.4 is 0 Å². The maximum atomic E-state index is 9.55. The zero-order chi connectivity index (χ0) is 6.78. The Balaban J connectivity index is 0. The molecular formula is H4O6PPbV. The molecule has 0 saturated heterocycles. The first-order chi connectivity index (χ1) is 3.42. The first-order valence-corrected chi connectivity index (χ1v) is 4.55. The summed E-state index contributed by atoms with van der Waals surface area (Å²) in [6.07, 6.45) is 0. The van der Waals surface area contributed by atoms with Crippen LogP contribution in [0.15, 0.2) is 0 Å². The summed E-state index contributed by atoms with van der Waals surface area (Å²) in [5.41, 5.74) is 0. The summed E-state index contributed by atoms with van der Waals surface area (Å²) in [7, 11) is -4.78. The van der Waals surface area contributed by atoms with Crippen LogP contribution in [0.2, 0.25) is 0 Å². The van der Waals surface area contributed by atoms with E-state index in [1.54, 1.807) is 0 Å². The van der Waals surface area contributed by atoms with E-state index in [2.05, 4.69) is 3.45 Å². The summed E-state index contributed by atoms with van der Waals surface area (Å²) in [6.45, 7) is 0. The van der Waals surface area contributed by atoms with E-state index in [9.17, 15) is 11.9 Å². The zero-order valence-electron chi connectivity index (χ0n) is 4.13. The van der Waals surface area contributed by atoms with Crippen molar-refractivity contribution in [1.29, 1.82) is 0 Å². The van der Waals surface area contributed by atoms with Crippen LogP contribution in [0, 0.1) is 0 Å². The molecule has 0 spiro atoms. The van der Waals surface area contributed by atoms with Crippen LogP contribution >= 0.6 is 7.82 Å². The van der Waals surface area contributed by atoms with Gasteiger partial charge in [0.2, 0.25) is 0 Å². The molecule has 0 aliphatic rings. The molecule has 54 valence electrons. The molecule has 0 aliphatic heterocycles. The zero-order valence-corrected chi connectivity index (χ0v) is 11.9. The van der Waals surface area contributed by atoms with Crippen molar-refractivity contribution in [2.45, 2.75) is 0 Å². The number of hydrogen-bond donors (Lipinski definition) is 2. The van der Waals surface area contributed by atoms with Crippen molar-refractivity contribution in [3.05, 3.63) is 0 Å². The van der Waals surface area contributed by atoms with E-state index in [0.29, 0.717) is 0 Å². The third-order valence-corrected chi connectivity index (χ3v) is 2.14. The normalized spacial score (nSPS) is 10.0. The van der Waals surface area contributed by atoms with Crippen molar-refractivity contribution < 1.29 is 40.5 Å². The van der Waals surface area contributed by atoms with E-state index < -0.39 is 23.2 Å². The molecule has 0 aliphatic carbocycles. The third kappa shape index (κ3) is 12.4. The quantitative estimate of drug-likeness (QED) is 0.436. The summed E-state index contributed by atoms with van der Waals surface area (Å²) in [6, 6.07) is 0. The summed E-state index contributed by atoms with van der Waals surface area (Å²) in [5, 5.41) is 0. The maximum absolute atomic E-state index is 9.55. The monoisotopic (exact) mass is 390 g/mol. The van der Waals surface area contributed by atoms with Crippen molar-refractivity contribution >= 4 is 35.1 Å². The summed E-state index contributed by atoms with van der Waals surface area (Å²) >= 11 is -4.12. The fourth-order valence-electron chi connectivity index (χ4n) is 0.0868. The number of rotatable bonds is 2. The molecule has 0 heterocycles. The molecule has 0 saturated carbocycles. The van der Waals surface area contributed by atoms with Crippen LogP contribution in [0.5, 0.6) is 0 Å². The van der Waals surface area contributed by atoms with Crippen molar-refractivity contribution in [3.63, 3.8) is 0 Å². The topological polar surface area (TPSA) is 101 Å². The van der Waals surface area contributed by atoms with Crippen LogP contribution in [0.3, 0.4) is 0 Å². The molecule has 0 atom stereocenters. The van der Waals surface area contributed by atoms with Crippen LogP contribution in [0.1, 0.15) is 0 Å². The molecule has 2 radical (unpaired) electrons. The van der Waals surface area contributed by atoms with E-state index in [4.69, 9.17) is 9.79 Å². The predicted octanol–water partition coefficient (Wildman–Crippen LogP) is -1.60. The van der Waals surface area contributed by atoms with Crippen molar-refractivity contribution in [2.24, 2.45) is 0 Å². The fraction of sp³-hybridized carbons (Fsp3) is 0. The first-order valence-electron chi connectivity index (χ1n) is 1.31. The molecule has 0 bridgehead atoms. The van der Waals surface area contributed by atoms with E-state index in [-0.39, 0.29) is 27.3 Å². The van der Waals surface area contributed by atoms with Crippen molar-refractivity contribution in [3.8, 4) is 0 Å². The molecule has 0 fully saturated rings. The Morgan fingerprint density at radius 3 is 1.67 bits per heavy atom. The van der Waals surface area contributed by atoms with Crippen LogP contribution in [-0.2, 0) is 30.8 Å². The van der Waals surface area contributed by atoms with Crippen molar-refractivity contribution in [1.82, 2.24) is 0 Å². The Hall–Kier alpha value is 1.22. The Morgan fingerprint density at radius 1 is 1.33 bits per heavy atom. The predicted molar refractivity (Wildman–Crippen MR) is 23.0 cm³/mol. The van der Waals surface area contributed by atoms with Gasteiger partial charge >= 0.3 is 75.7 Å². The molecule has 0 unspecified atom stereocenters. The van der Waals surface area contributed by atoms with Gasteiger partial charge in [-0.25, -0.2) is 0 Å². The van der Waals surface area contributed by atoms with Gasteiger partial charge in [-0.3, -0.25) is 0 Å². The van der Waals surface area contributed by atoms with Crippen molar-refractivity contribution in [2.75, 3.05) is 0 Å². The summed E-state index contributed by atoms with van der Waals surface area (Å²) < 4.78 is 31.5. The van der Waals surface area contributed by atoms with Gasteiger partial charge < -0.3 is 0 Å². The molecular weight excluding hydrogens is 385 g/mol. The van der Waals surface area contributed by atoms with Gasteiger partial charge in [-0.2, -0.15) is 0 Å². The first kappa shape index (κ1) is 12.9. The Morgan fingerprint density at radius 2 is 1.67 bits per heavy atom. The van der Waals surface area contributed by atoms with Gasteiger partial charge in [0, 0.05) is 0 Å². The second-order valence-corrected chi connectivity index (χ2v) is 3.40. The van der Waals surface area contributed by atoms with Gasteiger partial charge in [0.25, 0.3) is 0 Å². The Kier molecular flexibility index (Phi) is 7.06. The van der Waals surface area contributed by atoms with E-state index in [0.717, 1.165) is 0 Å². The Bertz CT molecular complexity index is 167. The van der Waals surface area contributed by atoms with Gasteiger partial charge in [-0.1, -0.05) is 0 Å². The minimum atomic E-state index is -4.78. The van der Waals surface area contributed by atoms with Gasteiger partial charge in [0.1, 0.15) is 0 Å². The third-order valence-electron chi connectivity index (χ3n) is 0.173. The molecule has 0 aromatic carbocycles. The van der Waals surface area contributed by atoms with E-state index in [1.807, 2.05) is 0 Å². The van der Waals surface area contributed by atoms with Crippen LogP contribution in [0.4, 0.5) is 0 Å². The SMILES string of the molecule is [O]=[V](=[O])[O]P(=O)(O)O.[PbH2]. The molecule has 0 aromatic heterocycles. The van der Waals surface area contributed by atoms with Gasteiger partial charge in [-0.15, -0.1) is 0 Å². The molecule has 6 nitrogen and oxygen atoms in total. The van der Waals surface area contributed by atoms with Crippen LogP contribution in [0.25, 0.3) is 0 Å². The molecule has 2 N–H and O–H groups in total. The number of phosphoric acid groups is 1. The second-order valence-electron chi connectivity index (χ2n) is 0.796. The van der Waals surface area contributed by atoms with Crippen LogP contribution in [-0.4, -0.2) is 37.1 Å².